The molecule has 100 valence electrons. The van der Waals surface area contributed by atoms with Crippen LogP contribution >= 0.6 is 15.9 Å². The summed E-state index contributed by atoms with van der Waals surface area (Å²) in [7, 11) is 0. The molecule has 2 rings (SSSR count). The first-order chi connectivity index (χ1) is 8.65. The third-order valence-electron chi connectivity index (χ3n) is 3.22. The van der Waals surface area contributed by atoms with Gasteiger partial charge in [-0.25, -0.2) is 8.78 Å². The third kappa shape index (κ3) is 3.22. The van der Waals surface area contributed by atoms with Crippen LogP contribution in [0, 0.1) is 17.6 Å². The van der Waals surface area contributed by atoms with Crippen LogP contribution in [0.4, 0.5) is 14.5 Å². The molecule has 0 spiro atoms. The molecule has 1 saturated carbocycles. The second kappa shape index (κ2) is 6.00. The fraction of sp³-hybridized carbons (Fsp3) is 0.571. The molecule has 0 N–H and O–H groups in total. The van der Waals surface area contributed by atoms with E-state index >= 15 is 0 Å². The van der Waals surface area contributed by atoms with Crippen molar-refractivity contribution < 1.29 is 8.78 Å². The number of rotatable bonds is 6. The van der Waals surface area contributed by atoms with Gasteiger partial charge in [0.05, 0.1) is 0 Å². The average molecular weight is 318 g/mol. The van der Waals surface area contributed by atoms with Gasteiger partial charge in [0.15, 0.2) is 0 Å². The molecule has 1 nitrogen and oxygen atoms in total. The summed E-state index contributed by atoms with van der Waals surface area (Å²) >= 11 is 3.22. The molecule has 1 aromatic carbocycles. The van der Waals surface area contributed by atoms with Gasteiger partial charge in [-0.05, 0) is 42.9 Å². The van der Waals surface area contributed by atoms with Crippen LogP contribution in [-0.4, -0.2) is 13.1 Å². The lowest BCUT2D eigenvalue weighted by Crippen LogP contribution is -2.28. The Kier molecular flexibility index (Phi) is 4.60. The van der Waals surface area contributed by atoms with Gasteiger partial charge in [-0.1, -0.05) is 22.9 Å². The van der Waals surface area contributed by atoms with Gasteiger partial charge in [0.2, 0.25) is 0 Å². The summed E-state index contributed by atoms with van der Waals surface area (Å²) in [5, 5.41) is 0.470. The zero-order chi connectivity index (χ0) is 13.1. The van der Waals surface area contributed by atoms with Gasteiger partial charge in [-0.15, -0.1) is 0 Å². The van der Waals surface area contributed by atoms with E-state index < -0.39 is 11.6 Å². The van der Waals surface area contributed by atoms with Crippen molar-refractivity contribution in [3.63, 3.8) is 0 Å². The molecule has 0 amide bonds. The van der Waals surface area contributed by atoms with Crippen molar-refractivity contribution in [2.45, 2.75) is 31.5 Å². The van der Waals surface area contributed by atoms with Crippen molar-refractivity contribution in [1.82, 2.24) is 0 Å². The van der Waals surface area contributed by atoms with Crippen molar-refractivity contribution in [3.8, 4) is 0 Å². The Morgan fingerprint density at radius 2 is 1.89 bits per heavy atom. The average Bonchev–Trinajstić information content (AvgIpc) is 3.12. The van der Waals surface area contributed by atoms with E-state index in [0.29, 0.717) is 23.4 Å². The van der Waals surface area contributed by atoms with Crippen molar-refractivity contribution >= 4 is 21.6 Å². The number of anilines is 1. The molecular weight excluding hydrogens is 300 g/mol. The highest BCUT2D eigenvalue weighted by Gasteiger charge is 2.27. The van der Waals surface area contributed by atoms with Crippen LogP contribution in [0.2, 0.25) is 0 Å². The second-order valence-electron chi connectivity index (χ2n) is 4.93. The fourth-order valence-electron chi connectivity index (χ4n) is 2.17. The lowest BCUT2D eigenvalue weighted by Gasteiger charge is -2.25. The molecule has 0 aromatic heterocycles. The summed E-state index contributed by atoms with van der Waals surface area (Å²) in [6, 6.07) is 2.84. The zero-order valence-corrected chi connectivity index (χ0v) is 12.1. The highest BCUT2D eigenvalue weighted by molar-refractivity contribution is 9.08. The molecule has 0 saturated heterocycles. The van der Waals surface area contributed by atoms with E-state index in [4.69, 9.17) is 0 Å². The number of hydrogen-bond donors (Lipinski definition) is 0. The molecule has 0 radical (unpaired) electrons. The van der Waals surface area contributed by atoms with Crippen LogP contribution in [-0.2, 0) is 5.33 Å². The first-order valence-corrected chi connectivity index (χ1v) is 7.56. The van der Waals surface area contributed by atoms with E-state index in [9.17, 15) is 8.78 Å². The molecule has 0 aliphatic heterocycles. The van der Waals surface area contributed by atoms with Gasteiger partial charge in [0.25, 0.3) is 0 Å². The van der Waals surface area contributed by atoms with E-state index in [0.717, 1.165) is 13.0 Å². The normalized spacial score (nSPS) is 14.9. The Morgan fingerprint density at radius 3 is 2.33 bits per heavy atom. The standard InChI is InChI=1S/C14H18BrF2N/c1-2-5-18(9-10-3-4-10)14-12(16)6-11(8-15)7-13(14)17/h6-7,10H,2-5,8-9H2,1H3. The number of halogens is 3. The Hall–Kier alpha value is -0.640. The molecule has 1 aliphatic carbocycles. The summed E-state index contributed by atoms with van der Waals surface area (Å²) in [4.78, 5) is 1.86. The smallest absolute Gasteiger partial charge is 0.149 e. The van der Waals surface area contributed by atoms with Crippen molar-refractivity contribution in [2.24, 2.45) is 5.92 Å². The summed E-state index contributed by atoms with van der Waals surface area (Å²) in [6.45, 7) is 3.51. The molecule has 18 heavy (non-hydrogen) atoms. The number of alkyl halides is 1. The highest BCUT2D eigenvalue weighted by atomic mass is 79.9. The number of nitrogens with zero attached hydrogens (tertiary/aromatic N) is 1. The summed E-state index contributed by atoms with van der Waals surface area (Å²) < 4.78 is 28.1. The van der Waals surface area contributed by atoms with Gasteiger partial charge in [-0.2, -0.15) is 0 Å². The third-order valence-corrected chi connectivity index (χ3v) is 3.86. The summed E-state index contributed by atoms with van der Waals surface area (Å²) in [5.41, 5.74) is 0.782. The van der Waals surface area contributed by atoms with E-state index in [2.05, 4.69) is 15.9 Å². The van der Waals surface area contributed by atoms with Crippen molar-refractivity contribution in [2.75, 3.05) is 18.0 Å². The Balaban J connectivity index is 2.27. The monoisotopic (exact) mass is 317 g/mol. The zero-order valence-electron chi connectivity index (χ0n) is 10.6. The van der Waals surface area contributed by atoms with Crippen LogP contribution in [0.3, 0.4) is 0 Å². The minimum atomic E-state index is -0.446. The lowest BCUT2D eigenvalue weighted by atomic mass is 10.1. The molecule has 0 bridgehead atoms. The van der Waals surface area contributed by atoms with Crippen LogP contribution < -0.4 is 4.90 Å². The maximum atomic E-state index is 14.0. The van der Waals surface area contributed by atoms with Crippen LogP contribution in [0.1, 0.15) is 31.7 Å². The number of hydrogen-bond acceptors (Lipinski definition) is 1. The minimum absolute atomic E-state index is 0.147. The van der Waals surface area contributed by atoms with Gasteiger partial charge >= 0.3 is 0 Å². The second-order valence-corrected chi connectivity index (χ2v) is 5.49. The summed E-state index contributed by atoms with van der Waals surface area (Å²) in [5.74, 6) is -0.275. The van der Waals surface area contributed by atoms with E-state index in [-0.39, 0.29) is 5.69 Å². The Labute approximate surface area is 115 Å². The highest BCUT2D eigenvalue weighted by Crippen LogP contribution is 2.33. The van der Waals surface area contributed by atoms with Gasteiger partial charge in [-0.3, -0.25) is 0 Å². The van der Waals surface area contributed by atoms with Gasteiger partial charge in [0.1, 0.15) is 17.3 Å². The van der Waals surface area contributed by atoms with Crippen molar-refractivity contribution in [1.29, 1.82) is 0 Å². The molecule has 0 atom stereocenters. The minimum Gasteiger partial charge on any atom is -0.367 e. The topological polar surface area (TPSA) is 3.24 Å². The molecule has 0 unspecified atom stereocenters. The molecular formula is C14H18BrF2N. The lowest BCUT2D eigenvalue weighted by molar-refractivity contribution is 0.562. The molecule has 4 heteroatoms. The van der Waals surface area contributed by atoms with Crippen LogP contribution in [0.25, 0.3) is 0 Å². The maximum absolute atomic E-state index is 14.0. The van der Waals surface area contributed by atoms with E-state index in [1.54, 1.807) is 0 Å². The quantitative estimate of drug-likeness (QED) is 0.699. The number of benzene rings is 1. The molecule has 1 aromatic rings. The predicted molar refractivity (Wildman–Crippen MR) is 74.2 cm³/mol. The SMILES string of the molecule is CCCN(CC1CC1)c1c(F)cc(CBr)cc1F. The fourth-order valence-corrected chi connectivity index (χ4v) is 2.50. The molecule has 0 heterocycles. The van der Waals surface area contributed by atoms with Crippen LogP contribution in [0.15, 0.2) is 12.1 Å². The van der Waals surface area contributed by atoms with Gasteiger partial charge < -0.3 is 4.90 Å². The van der Waals surface area contributed by atoms with E-state index in [1.807, 2.05) is 11.8 Å². The van der Waals surface area contributed by atoms with Crippen molar-refractivity contribution in [3.05, 3.63) is 29.3 Å². The first-order valence-electron chi connectivity index (χ1n) is 6.44. The van der Waals surface area contributed by atoms with E-state index in [1.165, 1.54) is 25.0 Å². The Bertz CT molecular complexity index is 395. The maximum Gasteiger partial charge on any atom is 0.149 e. The largest absolute Gasteiger partial charge is 0.367 e. The molecule has 1 aliphatic rings. The summed E-state index contributed by atoms with van der Waals surface area (Å²) in [6.07, 6.45) is 3.26. The first kappa shape index (κ1) is 13.8. The Morgan fingerprint density at radius 1 is 1.28 bits per heavy atom. The van der Waals surface area contributed by atoms with Crippen LogP contribution in [0.5, 0.6) is 0 Å². The molecule has 1 fully saturated rings. The van der Waals surface area contributed by atoms with Gasteiger partial charge in [0, 0.05) is 18.4 Å². The predicted octanol–water partition coefficient (Wildman–Crippen LogP) is 4.49.